The highest BCUT2D eigenvalue weighted by atomic mass is 32.1. The van der Waals surface area contributed by atoms with Crippen LogP contribution >= 0.6 is 22.7 Å². The number of hydrogen-bond donors (Lipinski definition) is 0. The molecule has 0 spiro atoms. The van der Waals surface area contributed by atoms with Crippen LogP contribution in [0.25, 0.3) is 21.7 Å². The average molecular weight is 383 g/mol. The first-order valence-corrected chi connectivity index (χ1v) is 10.2. The van der Waals surface area contributed by atoms with Crippen molar-refractivity contribution < 1.29 is 0 Å². The summed E-state index contributed by atoms with van der Waals surface area (Å²) >= 11 is 2.94. The van der Waals surface area contributed by atoms with Crippen molar-refractivity contribution in [3.8, 4) is 10.7 Å². The maximum absolute atomic E-state index is 12.6. The van der Waals surface area contributed by atoms with Crippen LogP contribution in [0.3, 0.4) is 0 Å². The maximum atomic E-state index is 12.6. The zero-order valence-corrected chi connectivity index (χ0v) is 16.2. The van der Waals surface area contributed by atoms with Crippen LogP contribution in [-0.2, 0) is 0 Å². The summed E-state index contributed by atoms with van der Waals surface area (Å²) < 4.78 is 2.05. The van der Waals surface area contributed by atoms with Gasteiger partial charge in [0.1, 0.15) is 0 Å². The molecule has 4 rings (SSSR count). The van der Waals surface area contributed by atoms with Crippen LogP contribution in [0.5, 0.6) is 0 Å². The first kappa shape index (κ1) is 16.9. The molecule has 7 heteroatoms. The van der Waals surface area contributed by atoms with Crippen molar-refractivity contribution >= 4 is 39.4 Å². The van der Waals surface area contributed by atoms with Crippen molar-refractivity contribution in [2.75, 3.05) is 18.0 Å². The van der Waals surface area contributed by atoms with Crippen LogP contribution in [-0.4, -0.2) is 27.7 Å². The second-order valence-electron chi connectivity index (χ2n) is 5.79. The van der Waals surface area contributed by atoms with Gasteiger partial charge in [-0.05, 0) is 49.1 Å². The molecule has 0 unspecified atom stereocenters. The van der Waals surface area contributed by atoms with E-state index in [9.17, 15) is 4.79 Å². The Morgan fingerprint density at radius 2 is 1.92 bits per heavy atom. The number of fused-ring (bicyclic) bond motifs is 1. The van der Waals surface area contributed by atoms with Crippen molar-refractivity contribution in [2.24, 2.45) is 0 Å². The summed E-state index contributed by atoms with van der Waals surface area (Å²) in [6, 6.07) is 12.2. The monoisotopic (exact) mass is 382 g/mol. The van der Waals surface area contributed by atoms with Gasteiger partial charge in [-0.1, -0.05) is 29.5 Å². The molecule has 0 saturated carbocycles. The molecule has 0 aliphatic rings. The van der Waals surface area contributed by atoms with Crippen molar-refractivity contribution in [3.63, 3.8) is 0 Å². The van der Waals surface area contributed by atoms with E-state index in [1.54, 1.807) is 11.3 Å². The fourth-order valence-electron chi connectivity index (χ4n) is 2.87. The summed E-state index contributed by atoms with van der Waals surface area (Å²) in [6.45, 7) is 6.24. The van der Waals surface area contributed by atoms with Crippen LogP contribution in [0.2, 0.25) is 0 Å². The van der Waals surface area contributed by atoms with Gasteiger partial charge in [0.25, 0.3) is 5.56 Å². The maximum Gasteiger partial charge on any atom is 0.291 e. The van der Waals surface area contributed by atoms with Gasteiger partial charge in [0.2, 0.25) is 4.96 Å². The molecule has 0 aliphatic heterocycles. The second-order valence-corrected chi connectivity index (χ2v) is 7.74. The molecule has 0 aliphatic carbocycles. The molecular weight excluding hydrogens is 364 g/mol. The highest BCUT2D eigenvalue weighted by molar-refractivity contribution is 7.15. The Labute approximate surface area is 158 Å². The van der Waals surface area contributed by atoms with E-state index in [-0.39, 0.29) is 5.56 Å². The van der Waals surface area contributed by atoms with Crippen LogP contribution in [0.4, 0.5) is 5.69 Å². The lowest BCUT2D eigenvalue weighted by atomic mass is 10.2. The van der Waals surface area contributed by atoms with E-state index in [2.05, 4.69) is 41.0 Å². The minimum Gasteiger partial charge on any atom is -0.372 e. The van der Waals surface area contributed by atoms with E-state index < -0.39 is 0 Å². The van der Waals surface area contributed by atoms with Crippen molar-refractivity contribution in [2.45, 2.75) is 13.8 Å². The number of nitrogens with zero attached hydrogens (tertiary/aromatic N) is 4. The van der Waals surface area contributed by atoms with Crippen LogP contribution in [0, 0.1) is 0 Å². The van der Waals surface area contributed by atoms with E-state index in [1.807, 2.05) is 35.7 Å². The SMILES string of the molecule is CCN(CC)c1ccc(/C=c2/sc3nc(-c4cccs4)nn3c2=O)cc1. The molecule has 0 radical (unpaired) electrons. The molecule has 0 atom stereocenters. The van der Waals surface area contributed by atoms with E-state index in [0.717, 1.165) is 23.5 Å². The highest BCUT2D eigenvalue weighted by Gasteiger charge is 2.12. The van der Waals surface area contributed by atoms with Crippen molar-refractivity contribution in [1.82, 2.24) is 14.6 Å². The van der Waals surface area contributed by atoms with E-state index >= 15 is 0 Å². The molecule has 4 aromatic rings. The van der Waals surface area contributed by atoms with Gasteiger partial charge in [0, 0.05) is 18.8 Å². The van der Waals surface area contributed by atoms with Gasteiger partial charge in [-0.15, -0.1) is 16.4 Å². The quantitative estimate of drug-likeness (QED) is 0.532. The molecule has 0 saturated heterocycles. The first-order chi connectivity index (χ1) is 12.7. The van der Waals surface area contributed by atoms with Crippen LogP contribution < -0.4 is 15.0 Å². The summed E-state index contributed by atoms with van der Waals surface area (Å²) in [5.41, 5.74) is 2.08. The topological polar surface area (TPSA) is 50.5 Å². The van der Waals surface area contributed by atoms with Crippen molar-refractivity contribution in [1.29, 1.82) is 0 Å². The summed E-state index contributed by atoms with van der Waals surface area (Å²) in [5.74, 6) is 0.610. The molecule has 3 aromatic heterocycles. The number of anilines is 1. The molecular formula is C19H18N4OS2. The lowest BCUT2D eigenvalue weighted by molar-refractivity contribution is 0.866. The molecule has 3 heterocycles. The Balaban J connectivity index is 1.69. The van der Waals surface area contributed by atoms with E-state index in [4.69, 9.17) is 0 Å². The molecule has 132 valence electrons. The molecule has 0 amide bonds. The van der Waals surface area contributed by atoms with Crippen molar-refractivity contribution in [3.05, 3.63) is 62.2 Å². The minimum absolute atomic E-state index is 0.117. The summed E-state index contributed by atoms with van der Waals surface area (Å²) in [4.78, 5) is 21.0. The molecule has 1 aromatic carbocycles. The number of hydrogen-bond acceptors (Lipinski definition) is 6. The summed E-state index contributed by atoms with van der Waals surface area (Å²) in [5, 5.41) is 6.34. The number of thiophene rings is 1. The third kappa shape index (κ3) is 3.04. The Hall–Kier alpha value is -2.51. The van der Waals surface area contributed by atoms with Gasteiger partial charge in [-0.2, -0.15) is 9.50 Å². The number of rotatable bonds is 5. The van der Waals surface area contributed by atoms with Gasteiger partial charge in [-0.3, -0.25) is 4.79 Å². The van der Waals surface area contributed by atoms with E-state index in [0.29, 0.717) is 15.3 Å². The minimum atomic E-state index is -0.117. The van der Waals surface area contributed by atoms with Crippen LogP contribution in [0.15, 0.2) is 46.6 Å². The first-order valence-electron chi connectivity index (χ1n) is 8.49. The highest BCUT2D eigenvalue weighted by Crippen LogP contribution is 2.21. The molecule has 0 N–H and O–H groups in total. The Kier molecular flexibility index (Phi) is 4.57. The fraction of sp³-hybridized carbons (Fsp3) is 0.211. The Morgan fingerprint density at radius 3 is 2.54 bits per heavy atom. The average Bonchev–Trinajstić information content (AvgIpc) is 3.37. The Morgan fingerprint density at radius 1 is 1.15 bits per heavy atom. The van der Waals surface area contributed by atoms with Gasteiger partial charge < -0.3 is 4.90 Å². The molecule has 0 fully saturated rings. The zero-order chi connectivity index (χ0) is 18.1. The standard InChI is InChI=1S/C19H18N4OS2/c1-3-22(4-2)14-9-7-13(8-10-14)12-16-18(24)23-19(26-16)20-17(21-23)15-6-5-11-25-15/h5-12H,3-4H2,1-2H3/b16-12+. The molecule has 0 bridgehead atoms. The third-order valence-electron chi connectivity index (χ3n) is 4.24. The second kappa shape index (κ2) is 7.01. The largest absolute Gasteiger partial charge is 0.372 e. The zero-order valence-electron chi connectivity index (χ0n) is 14.5. The van der Waals surface area contributed by atoms with Gasteiger partial charge in [0.15, 0.2) is 5.82 Å². The van der Waals surface area contributed by atoms with Crippen LogP contribution in [0.1, 0.15) is 19.4 Å². The number of benzene rings is 1. The smallest absolute Gasteiger partial charge is 0.291 e. The fourth-order valence-corrected chi connectivity index (χ4v) is 4.43. The summed E-state index contributed by atoms with van der Waals surface area (Å²) in [7, 11) is 0. The molecule has 26 heavy (non-hydrogen) atoms. The third-order valence-corrected chi connectivity index (χ3v) is 6.07. The normalized spacial score (nSPS) is 12.2. The Bertz CT molecular complexity index is 1120. The van der Waals surface area contributed by atoms with Gasteiger partial charge in [0.05, 0.1) is 9.41 Å². The lowest BCUT2D eigenvalue weighted by Crippen LogP contribution is -2.23. The number of aromatic nitrogens is 3. The van der Waals surface area contributed by atoms with E-state index in [1.165, 1.54) is 21.5 Å². The molecule has 5 nitrogen and oxygen atoms in total. The van der Waals surface area contributed by atoms with Gasteiger partial charge >= 0.3 is 0 Å². The number of thiazole rings is 1. The van der Waals surface area contributed by atoms with Gasteiger partial charge in [-0.25, -0.2) is 0 Å². The predicted molar refractivity (Wildman–Crippen MR) is 109 cm³/mol. The predicted octanol–water partition coefficient (Wildman–Crippen LogP) is 3.27. The lowest BCUT2D eigenvalue weighted by Gasteiger charge is -2.20. The summed E-state index contributed by atoms with van der Waals surface area (Å²) in [6.07, 6.45) is 1.90.